The molecule has 1 aromatic heterocycles. The van der Waals surface area contributed by atoms with Crippen molar-refractivity contribution in [3.8, 4) is 0 Å². The van der Waals surface area contributed by atoms with Crippen LogP contribution in [-0.2, 0) is 20.2 Å². The van der Waals surface area contributed by atoms with Gasteiger partial charge in [0.2, 0.25) is 0 Å². The Balaban J connectivity index is 0.000000163. The fourth-order valence-corrected chi connectivity index (χ4v) is 4.80. The molecule has 3 aromatic rings. The van der Waals surface area contributed by atoms with Gasteiger partial charge in [0, 0.05) is 43.3 Å². The van der Waals surface area contributed by atoms with E-state index in [9.17, 15) is 16.8 Å². The smallest absolute Gasteiger partial charge is 0.423 e. The third-order valence-electron chi connectivity index (χ3n) is 6.13. The van der Waals surface area contributed by atoms with Crippen molar-refractivity contribution < 1.29 is 36.0 Å². The van der Waals surface area contributed by atoms with Crippen molar-refractivity contribution in [2.75, 3.05) is 24.5 Å². The van der Waals surface area contributed by atoms with Crippen molar-refractivity contribution in [1.29, 1.82) is 0 Å². The molecule has 2 atom stereocenters. The molecule has 0 saturated carbocycles. The van der Waals surface area contributed by atoms with Crippen molar-refractivity contribution in [2.45, 2.75) is 29.7 Å². The average molecular weight is 563 g/mol. The van der Waals surface area contributed by atoms with Crippen molar-refractivity contribution in [1.82, 2.24) is 10.3 Å². The first-order valence-corrected chi connectivity index (χ1v) is 14.5. The molecule has 5 N–H and O–H groups in total. The second kappa shape index (κ2) is 12.3. The summed E-state index contributed by atoms with van der Waals surface area (Å²) < 4.78 is 59.1. The van der Waals surface area contributed by atoms with Gasteiger partial charge in [0.05, 0.1) is 21.7 Å². The summed E-state index contributed by atoms with van der Waals surface area (Å²) in [5.41, 5.74) is 3.33. The highest BCUT2D eigenvalue weighted by molar-refractivity contribution is 7.86. The molecule has 2 fully saturated rings. The minimum Gasteiger partial charge on any atom is -0.423 e. The van der Waals surface area contributed by atoms with Gasteiger partial charge in [-0.2, -0.15) is 16.8 Å². The maximum Gasteiger partial charge on any atom is 0.490 e. The molecule has 0 unspecified atom stereocenters. The molecule has 2 aliphatic heterocycles. The quantitative estimate of drug-likeness (QED) is 0.222. The number of hydrogen-bond acceptors (Lipinski definition) is 9. The van der Waals surface area contributed by atoms with Gasteiger partial charge >= 0.3 is 7.12 Å². The molecule has 38 heavy (non-hydrogen) atoms. The Hall–Kier alpha value is -2.85. The first-order valence-electron chi connectivity index (χ1n) is 11.6. The van der Waals surface area contributed by atoms with Crippen molar-refractivity contribution in [3.05, 3.63) is 78.1 Å². The third kappa shape index (κ3) is 8.33. The van der Waals surface area contributed by atoms with Crippen LogP contribution in [0.4, 0.5) is 5.69 Å². The van der Waals surface area contributed by atoms with Gasteiger partial charge in [0.1, 0.15) is 0 Å². The van der Waals surface area contributed by atoms with Gasteiger partial charge in [-0.1, -0.05) is 35.4 Å². The van der Waals surface area contributed by atoms with E-state index in [0.29, 0.717) is 11.5 Å². The van der Waals surface area contributed by atoms with E-state index in [4.69, 9.17) is 19.2 Å². The number of fused-ring (bicyclic) bond motifs is 1. The molecule has 11 nitrogen and oxygen atoms in total. The zero-order valence-electron chi connectivity index (χ0n) is 20.8. The number of hydrogen-bond donors (Lipinski definition) is 5. The standard InChI is InChI=1S/C10H14BN3O2.2C7H8O3S/c15-11(16)8-1-9(4-12-3-8)14-5-7-2-13-10(7)6-14;2*1-6-2-4-7(5-3-6)11(8,9)10/h1,3-4,7,10,13,15-16H,2,5-6H2;2*2-5H,1H3,(H,8,9,10)/t7-,10+;;/m0../s1. The molecule has 5 rings (SSSR count). The molecule has 14 heteroatoms. The van der Waals surface area contributed by atoms with E-state index in [2.05, 4.69) is 15.2 Å². The summed E-state index contributed by atoms with van der Waals surface area (Å²) in [6, 6.07) is 14.4. The van der Waals surface area contributed by atoms with Gasteiger partial charge in [-0.25, -0.2) is 0 Å². The van der Waals surface area contributed by atoms with Crippen LogP contribution in [0.25, 0.3) is 0 Å². The van der Waals surface area contributed by atoms with Crippen LogP contribution >= 0.6 is 0 Å². The van der Waals surface area contributed by atoms with E-state index in [1.165, 1.54) is 30.5 Å². The lowest BCUT2D eigenvalue weighted by atomic mass is 9.81. The zero-order valence-corrected chi connectivity index (χ0v) is 22.5. The Kier molecular flexibility index (Phi) is 9.65. The second-order valence-electron chi connectivity index (χ2n) is 9.11. The topological polar surface area (TPSA) is 177 Å². The number of anilines is 1. The van der Waals surface area contributed by atoms with Gasteiger partial charge in [-0.05, 0) is 44.2 Å². The van der Waals surface area contributed by atoms with Crippen molar-refractivity contribution in [2.24, 2.45) is 5.92 Å². The van der Waals surface area contributed by atoms with Gasteiger partial charge < -0.3 is 20.3 Å². The predicted molar refractivity (Wildman–Crippen MR) is 144 cm³/mol. The lowest BCUT2D eigenvalue weighted by molar-refractivity contribution is 0.297. The summed E-state index contributed by atoms with van der Waals surface area (Å²) in [5.74, 6) is 0.739. The summed E-state index contributed by atoms with van der Waals surface area (Å²) in [5, 5.41) is 21.6. The molecular weight excluding hydrogens is 533 g/mol. The Bertz CT molecular complexity index is 1350. The Morgan fingerprint density at radius 2 is 1.34 bits per heavy atom. The highest BCUT2D eigenvalue weighted by Crippen LogP contribution is 2.27. The zero-order chi connectivity index (χ0) is 28.1. The van der Waals surface area contributed by atoms with Crippen molar-refractivity contribution in [3.63, 3.8) is 0 Å². The molecule has 0 radical (unpaired) electrons. The van der Waals surface area contributed by atoms with Crippen LogP contribution in [0.5, 0.6) is 0 Å². The number of pyridine rings is 1. The van der Waals surface area contributed by atoms with Crippen molar-refractivity contribution >= 4 is 38.5 Å². The van der Waals surface area contributed by atoms with Gasteiger partial charge in [-0.3, -0.25) is 14.1 Å². The van der Waals surface area contributed by atoms with E-state index < -0.39 is 27.4 Å². The Labute approximate surface area is 222 Å². The predicted octanol–water partition coefficient (Wildman–Crippen LogP) is 0.653. The SMILES string of the molecule is Cc1ccc(S(=O)(=O)O)cc1.Cc1ccc(S(=O)(=O)O)cc1.OB(O)c1cncc(N2C[C@@H]3CN[C@@H]3C2)c1. The second-order valence-corrected chi connectivity index (χ2v) is 11.9. The molecule has 0 aliphatic carbocycles. The summed E-state index contributed by atoms with van der Waals surface area (Å²) in [4.78, 5) is 6.15. The Morgan fingerprint density at radius 1 is 0.842 bits per heavy atom. The monoisotopic (exact) mass is 563 g/mol. The number of nitrogens with zero attached hydrogens (tertiary/aromatic N) is 2. The van der Waals surface area contributed by atoms with Gasteiger partial charge in [-0.15, -0.1) is 0 Å². The van der Waals surface area contributed by atoms with Crippen LogP contribution in [0.3, 0.4) is 0 Å². The number of nitrogens with one attached hydrogen (secondary N) is 1. The average Bonchev–Trinajstić information content (AvgIpc) is 3.13. The molecule has 0 spiro atoms. The van der Waals surface area contributed by atoms with Gasteiger partial charge in [0.25, 0.3) is 20.2 Å². The van der Waals surface area contributed by atoms with E-state index in [1.807, 2.05) is 13.8 Å². The van der Waals surface area contributed by atoms with E-state index >= 15 is 0 Å². The number of aryl methyl sites for hydroxylation is 2. The van der Waals surface area contributed by atoms with E-state index in [1.54, 1.807) is 36.5 Å². The lowest BCUT2D eigenvalue weighted by Crippen LogP contribution is -2.51. The number of rotatable bonds is 4. The largest absolute Gasteiger partial charge is 0.490 e. The summed E-state index contributed by atoms with van der Waals surface area (Å²) >= 11 is 0. The minimum atomic E-state index is -4.02. The minimum absolute atomic E-state index is 0.0666. The molecule has 0 amide bonds. The van der Waals surface area contributed by atoms with Gasteiger partial charge in [0.15, 0.2) is 0 Å². The van der Waals surface area contributed by atoms with Crippen LogP contribution in [0, 0.1) is 19.8 Å². The number of benzene rings is 2. The lowest BCUT2D eigenvalue weighted by Gasteiger charge is -2.29. The van der Waals surface area contributed by atoms with Crippen LogP contribution in [0.15, 0.2) is 76.8 Å². The first-order chi connectivity index (χ1) is 17.7. The molecule has 0 bridgehead atoms. The van der Waals surface area contributed by atoms with Crippen LogP contribution in [-0.4, -0.2) is 73.8 Å². The molecule has 2 aliphatic rings. The van der Waals surface area contributed by atoms with Crippen LogP contribution in [0.1, 0.15) is 11.1 Å². The van der Waals surface area contributed by atoms with E-state index in [0.717, 1.165) is 42.4 Å². The van der Waals surface area contributed by atoms with Crippen LogP contribution < -0.4 is 15.7 Å². The molecule has 204 valence electrons. The normalized spacial score (nSPS) is 18.2. The number of aromatic nitrogens is 1. The first kappa shape index (κ1) is 29.7. The molecular formula is C24H30BN3O8S2. The highest BCUT2D eigenvalue weighted by Gasteiger charge is 2.39. The Morgan fingerprint density at radius 3 is 1.68 bits per heavy atom. The maximum atomic E-state index is 10.5. The van der Waals surface area contributed by atoms with E-state index in [-0.39, 0.29) is 9.79 Å². The third-order valence-corrected chi connectivity index (χ3v) is 7.86. The van der Waals surface area contributed by atoms with Crippen LogP contribution in [0.2, 0.25) is 0 Å². The molecule has 2 aromatic carbocycles. The fraction of sp³-hybridized carbons (Fsp3) is 0.292. The molecule has 2 saturated heterocycles. The fourth-order valence-electron chi connectivity index (χ4n) is 3.84. The highest BCUT2D eigenvalue weighted by atomic mass is 32.2. The summed E-state index contributed by atoms with van der Waals surface area (Å²) in [6.45, 7) is 6.79. The summed E-state index contributed by atoms with van der Waals surface area (Å²) in [6.07, 6.45) is 3.26. The maximum absolute atomic E-state index is 10.5. The molecule has 3 heterocycles. The summed E-state index contributed by atoms with van der Waals surface area (Å²) in [7, 11) is -9.48.